The van der Waals surface area contributed by atoms with E-state index in [2.05, 4.69) is 17.2 Å². The summed E-state index contributed by atoms with van der Waals surface area (Å²) in [5.74, 6) is 0.605. The van der Waals surface area contributed by atoms with Crippen molar-refractivity contribution < 1.29 is 19.1 Å². The van der Waals surface area contributed by atoms with Gasteiger partial charge >= 0.3 is 0 Å². The molecule has 0 unspecified atom stereocenters. The molecule has 2 aromatic rings. The Balaban J connectivity index is 2.04. The molecule has 0 spiro atoms. The third-order valence-corrected chi connectivity index (χ3v) is 3.58. The maximum Gasteiger partial charge on any atom is 0.265 e. The Hall–Kier alpha value is -3.28. The molecule has 6 nitrogen and oxygen atoms in total. The van der Waals surface area contributed by atoms with Crippen LogP contribution in [0.25, 0.3) is 0 Å². The number of benzene rings is 2. The Kier molecular flexibility index (Phi) is 6.79. The molecule has 136 valence electrons. The first-order valence-corrected chi connectivity index (χ1v) is 8.15. The molecule has 0 radical (unpaired) electrons. The normalized spacial score (nSPS) is 11.2. The van der Waals surface area contributed by atoms with Gasteiger partial charge in [0.25, 0.3) is 11.8 Å². The lowest BCUT2D eigenvalue weighted by molar-refractivity contribution is -0.122. The molecule has 0 saturated carbocycles. The molecular formula is C20H22N2O4. The lowest BCUT2D eigenvalue weighted by Gasteiger charge is -2.16. The maximum absolute atomic E-state index is 12.4. The molecule has 2 N–H and O–H groups in total. The van der Waals surface area contributed by atoms with Crippen LogP contribution in [-0.4, -0.2) is 31.6 Å². The fraction of sp³-hybridized carbons (Fsp3) is 0.200. The minimum atomic E-state index is -0.743. The smallest absolute Gasteiger partial charge is 0.265 e. The van der Waals surface area contributed by atoms with E-state index in [4.69, 9.17) is 9.47 Å². The van der Waals surface area contributed by atoms with Crippen molar-refractivity contribution in [3.8, 4) is 11.5 Å². The van der Waals surface area contributed by atoms with Crippen LogP contribution in [-0.2, 0) is 4.79 Å². The summed E-state index contributed by atoms with van der Waals surface area (Å²) in [4.78, 5) is 24.6. The zero-order chi connectivity index (χ0) is 18.9. The van der Waals surface area contributed by atoms with Crippen molar-refractivity contribution in [3.63, 3.8) is 0 Å². The Morgan fingerprint density at radius 1 is 1.12 bits per heavy atom. The summed E-state index contributed by atoms with van der Waals surface area (Å²) in [5.41, 5.74) is 0.795. The van der Waals surface area contributed by atoms with E-state index >= 15 is 0 Å². The van der Waals surface area contributed by atoms with Crippen LogP contribution in [0.3, 0.4) is 0 Å². The molecule has 2 aromatic carbocycles. The highest BCUT2D eigenvalue weighted by Gasteiger charge is 2.18. The molecule has 0 fully saturated rings. The quantitative estimate of drug-likeness (QED) is 0.715. The zero-order valence-electron chi connectivity index (χ0n) is 14.8. The van der Waals surface area contributed by atoms with Gasteiger partial charge in [-0.3, -0.25) is 9.59 Å². The molecule has 0 aliphatic heterocycles. The summed E-state index contributed by atoms with van der Waals surface area (Å²) < 4.78 is 10.7. The van der Waals surface area contributed by atoms with Gasteiger partial charge in [-0.2, -0.15) is 0 Å². The number of carbonyl (C=O) groups excluding carboxylic acids is 2. The number of methoxy groups -OCH3 is 1. The second-order valence-electron chi connectivity index (χ2n) is 5.47. The Morgan fingerprint density at radius 2 is 1.77 bits per heavy atom. The number of carbonyl (C=O) groups is 2. The van der Waals surface area contributed by atoms with Gasteiger partial charge in [-0.25, -0.2) is 0 Å². The number of hydrogen-bond donors (Lipinski definition) is 2. The topological polar surface area (TPSA) is 76.7 Å². The van der Waals surface area contributed by atoms with Crippen LogP contribution in [0, 0.1) is 0 Å². The first-order valence-electron chi connectivity index (χ1n) is 8.15. The predicted octanol–water partition coefficient (Wildman–Crippen LogP) is 3.02. The van der Waals surface area contributed by atoms with Gasteiger partial charge < -0.3 is 20.1 Å². The molecule has 0 saturated heterocycles. The van der Waals surface area contributed by atoms with Gasteiger partial charge in [0, 0.05) is 6.54 Å². The van der Waals surface area contributed by atoms with Gasteiger partial charge in [0.2, 0.25) is 0 Å². The summed E-state index contributed by atoms with van der Waals surface area (Å²) in [7, 11) is 1.58. The van der Waals surface area contributed by atoms with Gasteiger partial charge in [-0.05, 0) is 43.3 Å². The Labute approximate surface area is 152 Å². The number of ether oxygens (including phenoxy) is 2. The van der Waals surface area contributed by atoms with Gasteiger partial charge in [-0.15, -0.1) is 6.58 Å². The number of rotatable bonds is 8. The van der Waals surface area contributed by atoms with Crippen LogP contribution in [0.1, 0.15) is 17.3 Å². The molecular weight excluding hydrogens is 332 g/mol. The number of anilines is 1. The lowest BCUT2D eigenvalue weighted by atomic mass is 10.1. The number of nitrogens with one attached hydrogen (secondary N) is 2. The monoisotopic (exact) mass is 354 g/mol. The van der Waals surface area contributed by atoms with Crippen LogP contribution in [0.4, 0.5) is 5.69 Å². The third-order valence-electron chi connectivity index (χ3n) is 3.58. The second-order valence-corrected chi connectivity index (χ2v) is 5.47. The SMILES string of the molecule is C=CCNC(=O)c1ccccc1NC(=O)[C@@H](C)Oc1ccc(OC)cc1. The molecule has 2 rings (SSSR count). The van der Waals surface area contributed by atoms with Crippen LogP contribution in [0.15, 0.2) is 61.2 Å². The van der Waals surface area contributed by atoms with Crippen molar-refractivity contribution >= 4 is 17.5 Å². The van der Waals surface area contributed by atoms with E-state index in [9.17, 15) is 9.59 Å². The highest BCUT2D eigenvalue weighted by Crippen LogP contribution is 2.19. The minimum Gasteiger partial charge on any atom is -0.497 e. The van der Waals surface area contributed by atoms with Gasteiger partial charge in [0.05, 0.1) is 18.4 Å². The van der Waals surface area contributed by atoms with E-state index < -0.39 is 6.10 Å². The fourth-order valence-electron chi connectivity index (χ4n) is 2.20. The number of hydrogen-bond acceptors (Lipinski definition) is 4. The van der Waals surface area contributed by atoms with Crippen molar-refractivity contribution in [3.05, 3.63) is 66.7 Å². The van der Waals surface area contributed by atoms with Gasteiger partial charge in [0.1, 0.15) is 11.5 Å². The number of amides is 2. The molecule has 0 heterocycles. The maximum atomic E-state index is 12.4. The number of para-hydroxylation sites is 1. The standard InChI is InChI=1S/C20H22N2O4/c1-4-13-21-20(24)17-7-5-6-8-18(17)22-19(23)14(2)26-16-11-9-15(25-3)10-12-16/h4-12,14H,1,13H2,2-3H3,(H,21,24)(H,22,23)/t14-/m1/s1. The summed E-state index contributed by atoms with van der Waals surface area (Å²) >= 11 is 0. The molecule has 0 aliphatic rings. The van der Waals surface area contributed by atoms with Gasteiger partial charge in [0.15, 0.2) is 6.10 Å². The summed E-state index contributed by atoms with van der Waals surface area (Å²) in [6.07, 6.45) is 0.844. The molecule has 6 heteroatoms. The van der Waals surface area contributed by atoms with E-state index in [-0.39, 0.29) is 11.8 Å². The summed E-state index contributed by atoms with van der Waals surface area (Å²) in [5, 5.41) is 5.43. The van der Waals surface area contributed by atoms with Crippen molar-refractivity contribution in [1.82, 2.24) is 5.32 Å². The first-order chi connectivity index (χ1) is 12.5. The van der Waals surface area contributed by atoms with Crippen LogP contribution >= 0.6 is 0 Å². The van der Waals surface area contributed by atoms with Crippen molar-refractivity contribution in [2.45, 2.75) is 13.0 Å². The van der Waals surface area contributed by atoms with Crippen LogP contribution in [0.5, 0.6) is 11.5 Å². The van der Waals surface area contributed by atoms with Crippen molar-refractivity contribution in [2.75, 3.05) is 19.0 Å². The Bertz CT molecular complexity index is 772. The summed E-state index contributed by atoms with van der Waals surface area (Å²) in [6, 6.07) is 13.7. The summed E-state index contributed by atoms with van der Waals surface area (Å²) in [6.45, 7) is 5.55. The molecule has 2 amide bonds. The largest absolute Gasteiger partial charge is 0.497 e. The Morgan fingerprint density at radius 3 is 2.42 bits per heavy atom. The molecule has 0 aliphatic carbocycles. The van der Waals surface area contributed by atoms with E-state index in [0.29, 0.717) is 29.3 Å². The zero-order valence-corrected chi connectivity index (χ0v) is 14.8. The van der Waals surface area contributed by atoms with E-state index in [1.54, 1.807) is 68.6 Å². The first kappa shape index (κ1) is 19.1. The van der Waals surface area contributed by atoms with E-state index in [1.165, 1.54) is 0 Å². The molecule has 0 aromatic heterocycles. The van der Waals surface area contributed by atoms with Crippen LogP contribution < -0.4 is 20.1 Å². The molecule has 0 bridgehead atoms. The minimum absolute atomic E-state index is 0.287. The molecule has 26 heavy (non-hydrogen) atoms. The third kappa shape index (κ3) is 5.11. The van der Waals surface area contributed by atoms with Crippen molar-refractivity contribution in [2.24, 2.45) is 0 Å². The predicted molar refractivity (Wildman–Crippen MR) is 101 cm³/mol. The second kappa shape index (κ2) is 9.27. The van der Waals surface area contributed by atoms with Gasteiger partial charge in [-0.1, -0.05) is 18.2 Å². The molecule has 1 atom stereocenters. The average molecular weight is 354 g/mol. The van der Waals surface area contributed by atoms with E-state index in [1.807, 2.05) is 0 Å². The average Bonchev–Trinajstić information content (AvgIpc) is 2.67. The lowest BCUT2D eigenvalue weighted by Crippen LogP contribution is -2.31. The van der Waals surface area contributed by atoms with Crippen molar-refractivity contribution in [1.29, 1.82) is 0 Å². The van der Waals surface area contributed by atoms with E-state index in [0.717, 1.165) is 0 Å². The van der Waals surface area contributed by atoms with Crippen LogP contribution in [0.2, 0.25) is 0 Å². The highest BCUT2D eigenvalue weighted by atomic mass is 16.5. The highest BCUT2D eigenvalue weighted by molar-refractivity contribution is 6.04. The fourth-order valence-corrected chi connectivity index (χ4v) is 2.20.